The molecule has 0 unspecified atom stereocenters. The van der Waals surface area contributed by atoms with Crippen LogP contribution in [-0.2, 0) is 58.1 Å². The van der Waals surface area contributed by atoms with Gasteiger partial charge in [0.15, 0.2) is 23.1 Å². The van der Waals surface area contributed by atoms with Crippen molar-refractivity contribution in [3.8, 4) is 11.5 Å². The predicted molar refractivity (Wildman–Crippen MR) is 182 cm³/mol. The molecule has 7 rings (SSSR count). The molecule has 6 nitrogen and oxygen atoms in total. The largest absolute Gasteiger partial charge is 0.488 e. The van der Waals surface area contributed by atoms with Crippen LogP contribution in [0.15, 0.2) is 144 Å². The van der Waals surface area contributed by atoms with Gasteiger partial charge in [0.1, 0.15) is 24.7 Å². The maximum atomic E-state index is 14.0. The third-order valence-electron chi connectivity index (χ3n) is 8.76. The molecular weight excluding hydrogens is 600 g/mol. The molecule has 0 amide bonds. The number of carbonyl (C=O) groups is 4. The molecule has 0 saturated heterocycles. The number of allylic oxidation sites excluding steroid dienone is 8. The number of ether oxygens (including phenoxy) is 2. The van der Waals surface area contributed by atoms with Gasteiger partial charge < -0.3 is 9.47 Å². The number of para-hydroxylation sites is 2. The third-order valence-corrected chi connectivity index (χ3v) is 8.76. The quantitative estimate of drug-likeness (QED) is 0.219. The minimum atomic E-state index is -0.250. The third kappa shape index (κ3) is 6.65. The van der Waals surface area contributed by atoms with Crippen molar-refractivity contribution in [2.45, 2.75) is 38.9 Å². The summed E-state index contributed by atoms with van der Waals surface area (Å²) in [5.41, 5.74) is 6.21. The predicted octanol–water partition coefficient (Wildman–Crippen LogP) is 6.74. The molecule has 0 radical (unpaired) electrons. The second-order valence-corrected chi connectivity index (χ2v) is 12.2. The lowest BCUT2D eigenvalue weighted by molar-refractivity contribution is -0.115. The van der Waals surface area contributed by atoms with Crippen LogP contribution >= 0.6 is 0 Å². The molecule has 6 heteroatoms. The summed E-state index contributed by atoms with van der Waals surface area (Å²) >= 11 is 0. The zero-order valence-electron chi connectivity index (χ0n) is 26.2. The van der Waals surface area contributed by atoms with E-state index in [4.69, 9.17) is 9.47 Å². The first kappa shape index (κ1) is 30.8. The number of hydrogen-bond acceptors (Lipinski definition) is 6. The van der Waals surface area contributed by atoms with E-state index in [1.54, 1.807) is 0 Å². The van der Waals surface area contributed by atoms with E-state index in [9.17, 15) is 19.2 Å². The Morgan fingerprint density at radius 2 is 0.708 bits per heavy atom. The summed E-state index contributed by atoms with van der Waals surface area (Å²) in [5, 5.41) is 0. The lowest BCUT2D eigenvalue weighted by Gasteiger charge is -2.22. The molecule has 3 aliphatic carbocycles. The highest BCUT2D eigenvalue weighted by Gasteiger charge is 2.28. The minimum Gasteiger partial charge on any atom is -0.488 e. The molecule has 3 aliphatic rings. The Balaban J connectivity index is 1.32. The number of hydrogen-bond donors (Lipinski definition) is 0. The van der Waals surface area contributed by atoms with E-state index in [1.165, 1.54) is 24.3 Å². The molecule has 0 N–H and O–H groups in total. The van der Waals surface area contributed by atoms with Crippen LogP contribution in [0.25, 0.3) is 0 Å². The van der Waals surface area contributed by atoms with E-state index >= 15 is 0 Å². The monoisotopic (exact) mass is 632 g/mol. The number of rotatable bonds is 6. The van der Waals surface area contributed by atoms with Gasteiger partial charge in [0, 0.05) is 48.0 Å². The van der Waals surface area contributed by atoms with Crippen molar-refractivity contribution in [3.63, 3.8) is 0 Å². The van der Waals surface area contributed by atoms with Gasteiger partial charge in [0.25, 0.3) is 0 Å². The second-order valence-electron chi connectivity index (χ2n) is 12.2. The Morgan fingerprint density at radius 3 is 1.02 bits per heavy atom. The first-order chi connectivity index (χ1) is 23.4. The summed E-state index contributed by atoms with van der Waals surface area (Å²) in [4.78, 5) is 54.1. The highest BCUT2D eigenvalue weighted by atomic mass is 16.5. The normalized spacial score (nSPS) is 16.0. The van der Waals surface area contributed by atoms with Gasteiger partial charge in [-0.3, -0.25) is 19.2 Å². The summed E-state index contributed by atoms with van der Waals surface area (Å²) in [6.07, 6.45) is 6.23. The van der Waals surface area contributed by atoms with Crippen LogP contribution in [0, 0.1) is 0 Å². The molecule has 8 bridgehead atoms. The number of Topliss-reactive ketones (excluding diaryl/α,β-unsaturated/α-hetero) is 2. The van der Waals surface area contributed by atoms with Crippen LogP contribution in [-0.4, -0.2) is 23.1 Å². The number of benzene rings is 4. The summed E-state index contributed by atoms with van der Waals surface area (Å²) in [6.45, 7) is 0.527. The fourth-order valence-electron chi connectivity index (χ4n) is 6.45. The molecule has 0 saturated carbocycles. The molecule has 0 heterocycles. The molecule has 4 aromatic carbocycles. The van der Waals surface area contributed by atoms with Crippen molar-refractivity contribution in [2.75, 3.05) is 0 Å². The van der Waals surface area contributed by atoms with E-state index in [0.717, 1.165) is 11.1 Å². The highest BCUT2D eigenvalue weighted by Crippen LogP contribution is 2.36. The summed E-state index contributed by atoms with van der Waals surface area (Å²) in [5.74, 6) is 0.155. The Kier molecular flexibility index (Phi) is 8.63. The van der Waals surface area contributed by atoms with Crippen molar-refractivity contribution in [1.82, 2.24) is 0 Å². The van der Waals surface area contributed by atoms with Gasteiger partial charge >= 0.3 is 0 Å². The summed E-state index contributed by atoms with van der Waals surface area (Å²) in [7, 11) is 0. The van der Waals surface area contributed by atoms with Gasteiger partial charge in [-0.15, -0.1) is 0 Å². The van der Waals surface area contributed by atoms with E-state index in [-0.39, 0.29) is 62.0 Å². The Bertz CT molecular complexity index is 1840. The standard InChI is InChI=1S/C42H32O6/c43-37-21-33-17-29-13-7-14-30(41(29)47-25-27-9-3-1-4-10-27)18-34-22-38(44)24-36(40(34)46)20-32-16-8-15-31(19-35(23-37)39(33)45)42(32)48-26-28-11-5-2-6-12-28/h1-16,21-24H,17-20,25-26H2. The van der Waals surface area contributed by atoms with Crippen LogP contribution in [0.2, 0.25) is 0 Å². The molecule has 48 heavy (non-hydrogen) atoms. The smallest absolute Gasteiger partial charge is 0.185 e. The average Bonchev–Trinajstić information content (AvgIpc) is 3.09. The topological polar surface area (TPSA) is 86.7 Å². The zero-order valence-corrected chi connectivity index (χ0v) is 26.2. The van der Waals surface area contributed by atoms with Crippen molar-refractivity contribution in [3.05, 3.63) is 177 Å². The summed E-state index contributed by atoms with van der Waals surface area (Å²) in [6, 6.07) is 30.6. The van der Waals surface area contributed by atoms with Crippen molar-refractivity contribution in [1.29, 1.82) is 0 Å². The second kappa shape index (κ2) is 13.5. The fourth-order valence-corrected chi connectivity index (χ4v) is 6.45. The first-order valence-corrected chi connectivity index (χ1v) is 16.0. The zero-order chi connectivity index (χ0) is 33.0. The highest BCUT2D eigenvalue weighted by molar-refractivity contribution is 6.21. The molecule has 236 valence electrons. The fraction of sp³-hybridized carbons (Fsp3) is 0.143. The lowest BCUT2D eigenvalue weighted by atomic mass is 9.84. The van der Waals surface area contributed by atoms with Gasteiger partial charge in [-0.05, 0) is 57.7 Å². The van der Waals surface area contributed by atoms with Gasteiger partial charge in [-0.25, -0.2) is 0 Å². The Labute approximate surface area is 278 Å². The Hall–Kier alpha value is -5.88. The molecule has 0 aliphatic heterocycles. The maximum Gasteiger partial charge on any atom is 0.185 e. The molecule has 0 fully saturated rings. The van der Waals surface area contributed by atoms with Crippen LogP contribution in [0.3, 0.4) is 0 Å². The first-order valence-electron chi connectivity index (χ1n) is 16.0. The van der Waals surface area contributed by atoms with Crippen LogP contribution in [0.4, 0.5) is 0 Å². The van der Waals surface area contributed by atoms with Crippen LogP contribution in [0.5, 0.6) is 11.5 Å². The molecular formula is C42H32O6. The van der Waals surface area contributed by atoms with E-state index in [2.05, 4.69) is 0 Å². The molecule has 0 atom stereocenters. The van der Waals surface area contributed by atoms with Crippen LogP contribution in [0.1, 0.15) is 33.4 Å². The molecule has 4 aromatic rings. The number of ketones is 4. The number of fused-ring (bicyclic) bond motifs is 8. The molecule has 0 spiro atoms. The number of carbonyl (C=O) groups excluding carboxylic acids is 4. The SMILES string of the molecule is O=C1C=C2Cc3cccc(c3OCc3ccccc3)CC3=CC(=O)C=C(Cc4cccc(c4OCc4ccccc4)CC(=C1)C2=O)C3=O. The van der Waals surface area contributed by atoms with Crippen molar-refractivity contribution < 1.29 is 28.7 Å². The van der Waals surface area contributed by atoms with Gasteiger partial charge in [0.05, 0.1) is 0 Å². The average molecular weight is 633 g/mol. The summed E-state index contributed by atoms with van der Waals surface area (Å²) < 4.78 is 12.8. The van der Waals surface area contributed by atoms with E-state index in [1.807, 2.05) is 97.1 Å². The van der Waals surface area contributed by atoms with Crippen LogP contribution < -0.4 is 9.47 Å². The minimum absolute atomic E-state index is 0.161. The Morgan fingerprint density at radius 1 is 0.396 bits per heavy atom. The lowest BCUT2D eigenvalue weighted by Crippen LogP contribution is -2.20. The van der Waals surface area contributed by atoms with E-state index in [0.29, 0.717) is 56.0 Å². The van der Waals surface area contributed by atoms with Gasteiger partial charge in [-0.1, -0.05) is 97.1 Å². The van der Waals surface area contributed by atoms with Crippen molar-refractivity contribution in [2.24, 2.45) is 0 Å². The molecule has 0 aromatic heterocycles. The van der Waals surface area contributed by atoms with Crippen molar-refractivity contribution >= 4 is 23.1 Å². The maximum absolute atomic E-state index is 14.0. The van der Waals surface area contributed by atoms with Gasteiger partial charge in [0.2, 0.25) is 0 Å². The van der Waals surface area contributed by atoms with E-state index < -0.39 is 0 Å². The van der Waals surface area contributed by atoms with Gasteiger partial charge in [-0.2, -0.15) is 0 Å².